The molecule has 318 valence electrons. The second kappa shape index (κ2) is 30.9. The van der Waals surface area contributed by atoms with Crippen molar-refractivity contribution in [3.63, 3.8) is 0 Å². The van der Waals surface area contributed by atoms with E-state index in [4.69, 9.17) is 9.05 Å². The Morgan fingerprint density at radius 2 is 1.07 bits per heavy atom. The van der Waals surface area contributed by atoms with Gasteiger partial charge in [0.25, 0.3) is 0 Å². The summed E-state index contributed by atoms with van der Waals surface area (Å²) in [4.78, 5) is 23.3. The maximum Gasteiger partial charge on any atom is 0.472 e. The van der Waals surface area contributed by atoms with E-state index in [1.54, 1.807) is 6.08 Å². The Morgan fingerprint density at radius 3 is 1.61 bits per heavy atom. The SMILES string of the molecule is CCCCC/C=C\CCCCCC(O)CC(=O)NC(COP(=O)(O)OC1C(O)C(O)C(O)C(O)C1O)C(O)/C=C/CCCCCCCCCCCCCC. The highest BCUT2D eigenvalue weighted by molar-refractivity contribution is 7.47. The second-order valence-corrected chi connectivity index (χ2v) is 16.4. The lowest BCUT2D eigenvalue weighted by molar-refractivity contribution is -0.220. The Hall–Kier alpha value is -1.22. The highest BCUT2D eigenvalue weighted by atomic mass is 31.2. The Labute approximate surface area is 324 Å². The van der Waals surface area contributed by atoms with E-state index >= 15 is 0 Å². The van der Waals surface area contributed by atoms with E-state index in [2.05, 4.69) is 31.3 Å². The van der Waals surface area contributed by atoms with Gasteiger partial charge in [0, 0.05) is 0 Å². The number of hydrogen-bond donors (Lipinski definition) is 9. The number of carbonyl (C=O) groups excluding carboxylic acids is 1. The standard InChI is InChI=1S/C40H76NO12P/c1-3-5-7-9-11-13-15-16-17-18-20-22-24-26-28-33(43)32(30-52-54(50,51)53-40-38(48)36(46)35(45)37(47)39(40)49)41-34(44)29-31(42)27-25-23-21-19-14-12-10-8-6-4-2/h12,14,26,28,31-33,35-40,42-43,45-49H,3-11,13,15-25,27,29-30H2,1-2H3,(H,41,44)(H,50,51)/b14-12-,28-26+. The molecule has 8 unspecified atom stereocenters. The van der Waals surface area contributed by atoms with Crippen molar-refractivity contribution in [3.05, 3.63) is 24.3 Å². The van der Waals surface area contributed by atoms with Gasteiger partial charge in [0.05, 0.1) is 31.3 Å². The zero-order chi connectivity index (χ0) is 40.2. The normalized spacial score (nSPS) is 24.9. The molecule has 1 aliphatic carbocycles. The van der Waals surface area contributed by atoms with Crippen molar-refractivity contribution in [2.45, 2.75) is 216 Å². The molecule has 1 amide bonds. The predicted octanol–water partition coefficient (Wildman–Crippen LogP) is 5.64. The van der Waals surface area contributed by atoms with Crippen molar-refractivity contribution in [1.82, 2.24) is 5.32 Å². The highest BCUT2D eigenvalue weighted by Crippen LogP contribution is 2.47. The first kappa shape index (κ1) is 50.8. The molecule has 1 fully saturated rings. The number of phosphoric ester groups is 1. The molecule has 8 atom stereocenters. The van der Waals surface area contributed by atoms with Gasteiger partial charge in [0.1, 0.15) is 36.6 Å². The van der Waals surface area contributed by atoms with Gasteiger partial charge in [-0.25, -0.2) is 4.57 Å². The van der Waals surface area contributed by atoms with Gasteiger partial charge in [-0.3, -0.25) is 13.8 Å². The van der Waals surface area contributed by atoms with Crippen molar-refractivity contribution < 1.29 is 59.0 Å². The minimum absolute atomic E-state index is 0.255. The number of rotatable bonds is 33. The molecule has 1 rings (SSSR count). The Bertz CT molecular complexity index is 1030. The highest BCUT2D eigenvalue weighted by Gasteiger charge is 2.51. The van der Waals surface area contributed by atoms with Crippen LogP contribution in [0.25, 0.3) is 0 Å². The summed E-state index contributed by atoms with van der Waals surface area (Å²) >= 11 is 0. The quantitative estimate of drug-likeness (QED) is 0.0224. The summed E-state index contributed by atoms with van der Waals surface area (Å²) in [6, 6.07) is -1.24. The van der Waals surface area contributed by atoms with Crippen LogP contribution in [-0.4, -0.2) is 108 Å². The zero-order valence-corrected chi connectivity index (χ0v) is 34.0. The topological polar surface area (TPSA) is 226 Å². The molecule has 0 aromatic carbocycles. The smallest absolute Gasteiger partial charge is 0.393 e. The minimum atomic E-state index is -5.13. The first-order valence-electron chi connectivity index (χ1n) is 20.9. The summed E-state index contributed by atoms with van der Waals surface area (Å²) < 4.78 is 22.8. The summed E-state index contributed by atoms with van der Waals surface area (Å²) in [7, 11) is -5.13. The van der Waals surface area contributed by atoms with Crippen molar-refractivity contribution in [2.24, 2.45) is 0 Å². The fourth-order valence-electron chi connectivity index (χ4n) is 6.53. The molecule has 9 N–H and O–H groups in total. The van der Waals surface area contributed by atoms with Crippen LogP contribution in [0.15, 0.2) is 24.3 Å². The molecule has 0 saturated heterocycles. The molecule has 1 aliphatic rings. The molecule has 0 radical (unpaired) electrons. The van der Waals surface area contributed by atoms with Gasteiger partial charge < -0.3 is 46.0 Å². The molecule has 13 nitrogen and oxygen atoms in total. The minimum Gasteiger partial charge on any atom is -0.393 e. The number of aliphatic hydroxyl groups excluding tert-OH is 7. The Kier molecular flexibility index (Phi) is 29.0. The van der Waals surface area contributed by atoms with E-state index in [1.807, 2.05) is 0 Å². The third-order valence-electron chi connectivity index (χ3n) is 10.0. The zero-order valence-electron chi connectivity index (χ0n) is 33.1. The number of nitrogens with one attached hydrogen (secondary N) is 1. The summed E-state index contributed by atoms with van der Waals surface area (Å²) in [5.41, 5.74) is 0. The van der Waals surface area contributed by atoms with Crippen LogP contribution in [0, 0.1) is 0 Å². The summed E-state index contributed by atoms with van der Waals surface area (Å²) in [6.07, 6.45) is 17.1. The van der Waals surface area contributed by atoms with Crippen molar-refractivity contribution >= 4 is 13.7 Å². The lowest BCUT2D eigenvalue weighted by atomic mass is 9.85. The number of unbranched alkanes of at least 4 members (excludes halogenated alkanes) is 18. The fourth-order valence-corrected chi connectivity index (χ4v) is 7.49. The predicted molar refractivity (Wildman–Crippen MR) is 210 cm³/mol. The fraction of sp³-hybridized carbons (Fsp3) is 0.875. The molecule has 0 aromatic heterocycles. The maximum atomic E-state index is 12.9. The molecule has 0 heterocycles. The second-order valence-electron chi connectivity index (χ2n) is 15.0. The van der Waals surface area contributed by atoms with Gasteiger partial charge in [-0.15, -0.1) is 0 Å². The van der Waals surface area contributed by atoms with E-state index in [0.717, 1.165) is 51.4 Å². The van der Waals surface area contributed by atoms with E-state index in [-0.39, 0.29) is 6.42 Å². The van der Waals surface area contributed by atoms with Gasteiger partial charge >= 0.3 is 7.82 Å². The number of amides is 1. The Morgan fingerprint density at radius 1 is 0.648 bits per heavy atom. The monoisotopic (exact) mass is 794 g/mol. The van der Waals surface area contributed by atoms with Crippen molar-refractivity contribution in [2.75, 3.05) is 6.61 Å². The van der Waals surface area contributed by atoms with Gasteiger partial charge in [0.2, 0.25) is 5.91 Å². The first-order valence-corrected chi connectivity index (χ1v) is 22.4. The molecule has 1 saturated carbocycles. The molecule has 14 heteroatoms. The third-order valence-corrected chi connectivity index (χ3v) is 11.0. The van der Waals surface area contributed by atoms with Crippen LogP contribution < -0.4 is 5.32 Å². The van der Waals surface area contributed by atoms with Crippen LogP contribution in [0.1, 0.15) is 162 Å². The number of allylic oxidation sites excluding steroid dienone is 3. The van der Waals surface area contributed by atoms with Crippen LogP contribution in [0.3, 0.4) is 0 Å². The number of phosphoric acid groups is 1. The molecule has 54 heavy (non-hydrogen) atoms. The first-order chi connectivity index (χ1) is 25.8. The number of hydrogen-bond acceptors (Lipinski definition) is 11. The van der Waals surface area contributed by atoms with Crippen LogP contribution in [0.4, 0.5) is 0 Å². The maximum absolute atomic E-state index is 12.9. The molecular weight excluding hydrogens is 717 g/mol. The molecule has 0 bridgehead atoms. The number of carbonyl (C=O) groups is 1. The molecular formula is C40H76NO12P. The average Bonchev–Trinajstić information content (AvgIpc) is 3.14. The van der Waals surface area contributed by atoms with E-state index in [0.29, 0.717) is 12.8 Å². The summed E-state index contributed by atoms with van der Waals surface area (Å²) in [5.74, 6) is -0.605. The molecule has 0 aliphatic heterocycles. The van der Waals surface area contributed by atoms with Crippen molar-refractivity contribution in [3.8, 4) is 0 Å². The van der Waals surface area contributed by atoms with E-state index in [9.17, 15) is 50.0 Å². The summed E-state index contributed by atoms with van der Waals surface area (Å²) in [5, 5.41) is 74.1. The molecule has 0 spiro atoms. The van der Waals surface area contributed by atoms with Gasteiger partial charge in [-0.1, -0.05) is 134 Å². The summed E-state index contributed by atoms with van der Waals surface area (Å²) in [6.45, 7) is 3.67. The van der Waals surface area contributed by atoms with Gasteiger partial charge in [-0.2, -0.15) is 0 Å². The molecule has 0 aromatic rings. The number of aliphatic hydroxyl groups is 7. The average molecular weight is 794 g/mol. The van der Waals surface area contributed by atoms with Crippen LogP contribution in [0.2, 0.25) is 0 Å². The largest absolute Gasteiger partial charge is 0.472 e. The van der Waals surface area contributed by atoms with Crippen LogP contribution in [0.5, 0.6) is 0 Å². The third kappa shape index (κ3) is 23.1. The van der Waals surface area contributed by atoms with E-state index < -0.39 is 75.2 Å². The van der Waals surface area contributed by atoms with Crippen molar-refractivity contribution in [1.29, 1.82) is 0 Å². The van der Waals surface area contributed by atoms with Gasteiger partial charge in [0.15, 0.2) is 0 Å². The Balaban J connectivity index is 2.64. The lowest BCUT2D eigenvalue weighted by Crippen LogP contribution is -2.64. The van der Waals surface area contributed by atoms with Crippen LogP contribution >= 0.6 is 7.82 Å². The van der Waals surface area contributed by atoms with Gasteiger partial charge in [-0.05, 0) is 44.9 Å². The lowest BCUT2D eigenvalue weighted by Gasteiger charge is -2.41. The van der Waals surface area contributed by atoms with E-state index in [1.165, 1.54) is 83.1 Å². The van der Waals surface area contributed by atoms with Crippen LogP contribution in [-0.2, 0) is 18.4 Å².